The number of carbonyl (C=O) groups is 2. The summed E-state index contributed by atoms with van der Waals surface area (Å²) in [6.07, 6.45) is 5.04. The third-order valence-electron chi connectivity index (χ3n) is 5.00. The summed E-state index contributed by atoms with van der Waals surface area (Å²) in [5.74, 6) is 2.10. The van der Waals surface area contributed by atoms with Gasteiger partial charge in [0, 0.05) is 12.5 Å². The molecule has 0 aromatic heterocycles. The molecule has 2 aliphatic heterocycles. The molecule has 2 heterocycles. The molecule has 1 N–H and O–H groups in total. The fourth-order valence-corrected chi connectivity index (χ4v) is 5.13. The molecule has 0 aromatic rings. The van der Waals surface area contributed by atoms with E-state index < -0.39 is 12.0 Å². The van der Waals surface area contributed by atoms with Crippen LogP contribution in [0.5, 0.6) is 0 Å². The largest absolute Gasteiger partial charge is 0.480 e. The smallest absolute Gasteiger partial charge is 0.326 e. The van der Waals surface area contributed by atoms with E-state index in [1.807, 2.05) is 11.8 Å². The van der Waals surface area contributed by atoms with Crippen molar-refractivity contribution in [2.75, 3.05) is 18.1 Å². The first kappa shape index (κ1) is 13.3. The minimum Gasteiger partial charge on any atom is -0.480 e. The Bertz CT molecular complexity index is 381. The van der Waals surface area contributed by atoms with Crippen LogP contribution in [0.1, 0.15) is 32.1 Å². The fraction of sp³-hybridized carbons (Fsp3) is 0.857. The highest BCUT2D eigenvalue weighted by Crippen LogP contribution is 2.43. The molecule has 3 atom stereocenters. The van der Waals surface area contributed by atoms with Crippen molar-refractivity contribution < 1.29 is 14.7 Å². The van der Waals surface area contributed by atoms with Gasteiger partial charge in [0.05, 0.1) is 0 Å². The van der Waals surface area contributed by atoms with Gasteiger partial charge < -0.3 is 10.0 Å². The van der Waals surface area contributed by atoms with Gasteiger partial charge in [-0.3, -0.25) is 4.79 Å². The van der Waals surface area contributed by atoms with Crippen LogP contribution in [0.3, 0.4) is 0 Å². The highest BCUT2D eigenvalue weighted by atomic mass is 32.2. The van der Waals surface area contributed by atoms with Gasteiger partial charge in [0.15, 0.2) is 0 Å². The number of thioether (sulfide) groups is 1. The van der Waals surface area contributed by atoms with E-state index in [9.17, 15) is 14.7 Å². The summed E-state index contributed by atoms with van der Waals surface area (Å²) in [4.78, 5) is 25.8. The molecular formula is C14H21NO3S. The summed E-state index contributed by atoms with van der Waals surface area (Å²) in [5.41, 5.74) is 0. The molecule has 19 heavy (non-hydrogen) atoms. The highest BCUT2D eigenvalue weighted by molar-refractivity contribution is 7.99. The van der Waals surface area contributed by atoms with Crippen molar-refractivity contribution in [3.8, 4) is 0 Å². The third-order valence-corrected chi connectivity index (χ3v) is 6.05. The normalized spacial score (nSPS) is 35.4. The van der Waals surface area contributed by atoms with Gasteiger partial charge in [0.2, 0.25) is 5.91 Å². The Hall–Kier alpha value is -0.710. The van der Waals surface area contributed by atoms with Gasteiger partial charge in [0.1, 0.15) is 6.04 Å². The van der Waals surface area contributed by atoms with Crippen molar-refractivity contribution in [3.63, 3.8) is 0 Å². The van der Waals surface area contributed by atoms with E-state index >= 15 is 0 Å². The third kappa shape index (κ3) is 2.37. The van der Waals surface area contributed by atoms with Crippen LogP contribution in [0, 0.1) is 17.8 Å². The number of amides is 1. The molecule has 106 valence electrons. The second kappa shape index (κ2) is 5.35. The molecule has 0 spiro atoms. The lowest BCUT2D eigenvalue weighted by Crippen LogP contribution is -2.46. The quantitative estimate of drug-likeness (QED) is 0.840. The number of nitrogens with zero attached hydrogens (tertiary/aromatic N) is 1. The number of hydrogen-bond acceptors (Lipinski definition) is 3. The molecule has 3 rings (SSSR count). The Balaban J connectivity index is 1.75. The van der Waals surface area contributed by atoms with E-state index in [-0.39, 0.29) is 17.7 Å². The van der Waals surface area contributed by atoms with E-state index in [1.165, 1.54) is 0 Å². The Morgan fingerprint density at radius 2 is 1.84 bits per heavy atom. The van der Waals surface area contributed by atoms with E-state index in [0.717, 1.165) is 43.6 Å². The molecule has 1 aliphatic carbocycles. The topological polar surface area (TPSA) is 57.6 Å². The lowest BCUT2D eigenvalue weighted by molar-refractivity contribution is -0.151. The van der Waals surface area contributed by atoms with Gasteiger partial charge in [0.25, 0.3) is 0 Å². The van der Waals surface area contributed by atoms with E-state index in [2.05, 4.69) is 0 Å². The average Bonchev–Trinajstić information content (AvgIpc) is 2.98. The molecule has 5 heteroatoms. The number of carbonyl (C=O) groups excluding carboxylic acids is 1. The van der Waals surface area contributed by atoms with Gasteiger partial charge in [-0.1, -0.05) is 6.42 Å². The van der Waals surface area contributed by atoms with Gasteiger partial charge in [-0.25, -0.2) is 4.79 Å². The van der Waals surface area contributed by atoms with Crippen molar-refractivity contribution >= 4 is 23.6 Å². The molecule has 0 aromatic carbocycles. The Labute approximate surface area is 117 Å². The number of fused-ring (bicyclic) bond motifs is 1. The molecule has 4 nitrogen and oxygen atoms in total. The van der Waals surface area contributed by atoms with Crippen molar-refractivity contribution in [2.45, 2.75) is 38.1 Å². The van der Waals surface area contributed by atoms with Gasteiger partial charge in [-0.05, 0) is 49.0 Å². The van der Waals surface area contributed by atoms with E-state index in [1.54, 1.807) is 4.90 Å². The summed E-state index contributed by atoms with van der Waals surface area (Å²) >= 11 is 1.90. The monoisotopic (exact) mass is 283 g/mol. The number of aliphatic carboxylic acids is 1. The first-order chi connectivity index (χ1) is 9.18. The highest BCUT2D eigenvalue weighted by Gasteiger charge is 2.50. The Morgan fingerprint density at radius 1 is 1.11 bits per heavy atom. The first-order valence-corrected chi connectivity index (χ1v) is 8.45. The van der Waals surface area contributed by atoms with Crippen LogP contribution >= 0.6 is 11.8 Å². The predicted molar refractivity (Wildman–Crippen MR) is 74.0 cm³/mol. The number of carboxylic acid groups (broad SMARTS) is 1. The van der Waals surface area contributed by atoms with Crippen LogP contribution < -0.4 is 0 Å². The predicted octanol–water partition coefficient (Wildman–Crippen LogP) is 1.84. The van der Waals surface area contributed by atoms with Crippen LogP contribution in [-0.2, 0) is 9.59 Å². The minimum absolute atomic E-state index is 0.0712. The molecule has 3 unspecified atom stereocenters. The minimum atomic E-state index is -0.798. The summed E-state index contributed by atoms with van der Waals surface area (Å²) in [5, 5.41) is 9.48. The SMILES string of the molecule is O=C(O)C1C2CCCC2CN1C(=O)C1CCSCC1. The first-order valence-electron chi connectivity index (χ1n) is 7.29. The second-order valence-corrected chi connectivity index (χ2v) is 7.24. The molecule has 3 aliphatic rings. The second-order valence-electron chi connectivity index (χ2n) is 6.02. The summed E-state index contributed by atoms with van der Waals surface area (Å²) < 4.78 is 0. The van der Waals surface area contributed by atoms with Crippen LogP contribution in [-0.4, -0.2) is 46.0 Å². The van der Waals surface area contributed by atoms with Crippen molar-refractivity contribution in [1.29, 1.82) is 0 Å². The number of likely N-dealkylation sites (tertiary alicyclic amines) is 1. The molecule has 1 saturated carbocycles. The molecule has 2 saturated heterocycles. The number of hydrogen-bond donors (Lipinski definition) is 1. The maximum atomic E-state index is 12.6. The number of rotatable bonds is 2. The molecule has 1 amide bonds. The van der Waals surface area contributed by atoms with Crippen molar-refractivity contribution in [2.24, 2.45) is 17.8 Å². The lowest BCUT2D eigenvalue weighted by Gasteiger charge is -2.30. The standard InChI is InChI=1S/C14H21NO3S/c16-13(9-4-6-19-7-5-9)15-8-10-2-1-3-11(10)12(15)14(17)18/h9-12H,1-8H2,(H,17,18). The Morgan fingerprint density at radius 3 is 2.53 bits per heavy atom. The van der Waals surface area contributed by atoms with Gasteiger partial charge >= 0.3 is 5.97 Å². The van der Waals surface area contributed by atoms with E-state index in [0.29, 0.717) is 12.5 Å². The zero-order valence-electron chi connectivity index (χ0n) is 11.1. The summed E-state index contributed by atoms with van der Waals surface area (Å²) in [7, 11) is 0. The lowest BCUT2D eigenvalue weighted by atomic mass is 9.94. The Kier molecular flexibility index (Phi) is 3.74. The molecule has 3 fully saturated rings. The summed E-state index contributed by atoms with van der Waals surface area (Å²) in [6, 6.07) is -0.547. The maximum Gasteiger partial charge on any atom is 0.326 e. The molecule has 0 bridgehead atoms. The average molecular weight is 283 g/mol. The van der Waals surface area contributed by atoms with Crippen molar-refractivity contribution in [3.05, 3.63) is 0 Å². The number of carboxylic acids is 1. The zero-order valence-corrected chi connectivity index (χ0v) is 11.9. The molecular weight excluding hydrogens is 262 g/mol. The fourth-order valence-electron chi connectivity index (χ4n) is 4.03. The van der Waals surface area contributed by atoms with Gasteiger partial charge in [-0.15, -0.1) is 0 Å². The van der Waals surface area contributed by atoms with Crippen LogP contribution in [0.2, 0.25) is 0 Å². The van der Waals surface area contributed by atoms with Gasteiger partial charge in [-0.2, -0.15) is 11.8 Å². The van der Waals surface area contributed by atoms with Crippen LogP contribution in [0.25, 0.3) is 0 Å². The summed E-state index contributed by atoms with van der Waals surface area (Å²) in [6.45, 7) is 0.685. The van der Waals surface area contributed by atoms with E-state index in [4.69, 9.17) is 0 Å². The maximum absolute atomic E-state index is 12.6. The van der Waals surface area contributed by atoms with Crippen LogP contribution in [0.15, 0.2) is 0 Å². The van der Waals surface area contributed by atoms with Crippen molar-refractivity contribution in [1.82, 2.24) is 4.90 Å². The van der Waals surface area contributed by atoms with Crippen LogP contribution in [0.4, 0.5) is 0 Å². The zero-order chi connectivity index (χ0) is 13.4. The molecule has 0 radical (unpaired) electrons.